The Morgan fingerprint density at radius 2 is 2.00 bits per heavy atom. The van der Waals surface area contributed by atoms with Crippen molar-refractivity contribution in [3.8, 4) is 0 Å². The molecule has 1 heterocycles. The normalized spacial score (nSPS) is 24.0. The molecular weight excluding hydrogens is 264 g/mol. The number of carboxylic acid groups (broad SMARTS) is 1. The molecule has 0 aromatic heterocycles. The highest BCUT2D eigenvalue weighted by Crippen LogP contribution is 2.34. The number of carboxylic acids is 1. The monoisotopic (exact) mass is 288 g/mol. The number of nitrogens with one attached hydrogen (secondary N) is 1. The zero-order valence-electron chi connectivity index (χ0n) is 12.3. The molecule has 0 bridgehead atoms. The van der Waals surface area contributed by atoms with Crippen LogP contribution in [0.15, 0.2) is 0 Å². The molecule has 0 saturated carbocycles. The number of carbonyl (C=O) groups is 2. The van der Waals surface area contributed by atoms with Gasteiger partial charge in [-0.15, -0.1) is 11.8 Å². The van der Waals surface area contributed by atoms with Crippen molar-refractivity contribution in [2.24, 2.45) is 5.92 Å². The molecule has 5 nitrogen and oxygen atoms in total. The second-order valence-electron chi connectivity index (χ2n) is 6.23. The topological polar surface area (TPSA) is 69.6 Å². The lowest BCUT2D eigenvalue weighted by atomic mass is 10.1. The third kappa shape index (κ3) is 4.38. The molecule has 1 amide bonds. The lowest BCUT2D eigenvalue weighted by molar-refractivity contribution is -0.149. The van der Waals surface area contributed by atoms with Gasteiger partial charge in [-0.3, -0.25) is 4.79 Å². The zero-order valence-corrected chi connectivity index (χ0v) is 13.1. The molecule has 2 N–H and O–H groups in total. The summed E-state index contributed by atoms with van der Waals surface area (Å²) in [5.74, 6) is -0.335. The Morgan fingerprint density at radius 1 is 1.42 bits per heavy atom. The van der Waals surface area contributed by atoms with E-state index in [9.17, 15) is 14.7 Å². The molecule has 2 atom stereocenters. The number of amides is 1. The highest BCUT2D eigenvalue weighted by Gasteiger charge is 2.42. The lowest BCUT2D eigenvalue weighted by Crippen LogP contribution is -2.52. The van der Waals surface area contributed by atoms with Gasteiger partial charge in [-0.1, -0.05) is 13.8 Å². The number of rotatable bonds is 4. The van der Waals surface area contributed by atoms with Gasteiger partial charge in [0.25, 0.3) is 0 Å². The van der Waals surface area contributed by atoms with Crippen molar-refractivity contribution in [3.63, 3.8) is 0 Å². The third-order valence-electron chi connectivity index (χ3n) is 2.95. The van der Waals surface area contributed by atoms with Crippen LogP contribution in [-0.4, -0.2) is 51.1 Å². The Kier molecular flexibility index (Phi) is 5.26. The largest absolute Gasteiger partial charge is 0.480 e. The molecule has 1 saturated heterocycles. The van der Waals surface area contributed by atoms with Gasteiger partial charge in [0.15, 0.2) is 0 Å². The van der Waals surface area contributed by atoms with E-state index in [2.05, 4.69) is 5.32 Å². The van der Waals surface area contributed by atoms with Crippen molar-refractivity contribution < 1.29 is 14.7 Å². The summed E-state index contributed by atoms with van der Waals surface area (Å²) < 4.78 is 0. The highest BCUT2D eigenvalue weighted by molar-refractivity contribution is 8.00. The predicted octanol–water partition coefficient (Wildman–Crippen LogP) is 1.39. The minimum atomic E-state index is -0.917. The van der Waals surface area contributed by atoms with Gasteiger partial charge in [0.2, 0.25) is 5.91 Å². The van der Waals surface area contributed by atoms with Crippen LogP contribution in [0.2, 0.25) is 0 Å². The molecule has 1 fully saturated rings. The summed E-state index contributed by atoms with van der Waals surface area (Å²) in [5.41, 5.74) is -0.158. The van der Waals surface area contributed by atoms with Crippen LogP contribution >= 0.6 is 11.8 Å². The predicted molar refractivity (Wildman–Crippen MR) is 77.1 cm³/mol. The first kappa shape index (κ1) is 16.3. The number of hydrogen-bond donors (Lipinski definition) is 2. The summed E-state index contributed by atoms with van der Waals surface area (Å²) in [4.78, 5) is 25.1. The lowest BCUT2D eigenvalue weighted by Gasteiger charge is -2.31. The maximum atomic E-state index is 12.3. The molecule has 0 aromatic carbocycles. The standard InChI is InChI=1S/C13H24N2O3S/c1-8(2)11-15(9(7-19-11)12(17)18)10(16)6-14-13(3,4)5/h8-9,11,14H,6-7H2,1-5H3,(H,17,18). The van der Waals surface area contributed by atoms with Gasteiger partial charge < -0.3 is 15.3 Å². The van der Waals surface area contributed by atoms with Crippen LogP contribution in [0.3, 0.4) is 0 Å². The van der Waals surface area contributed by atoms with Gasteiger partial charge >= 0.3 is 5.97 Å². The van der Waals surface area contributed by atoms with E-state index in [1.807, 2.05) is 34.6 Å². The number of nitrogens with zero attached hydrogens (tertiary/aromatic N) is 1. The van der Waals surface area contributed by atoms with Gasteiger partial charge in [-0.05, 0) is 26.7 Å². The van der Waals surface area contributed by atoms with Crippen LogP contribution in [0.25, 0.3) is 0 Å². The van der Waals surface area contributed by atoms with Crippen molar-refractivity contribution in [1.29, 1.82) is 0 Å². The molecule has 0 aromatic rings. The van der Waals surface area contributed by atoms with Crippen LogP contribution in [0.1, 0.15) is 34.6 Å². The number of carbonyl (C=O) groups excluding carboxylic acids is 1. The van der Waals surface area contributed by atoms with E-state index in [1.54, 1.807) is 11.8 Å². The van der Waals surface area contributed by atoms with Crippen LogP contribution in [0.5, 0.6) is 0 Å². The van der Waals surface area contributed by atoms with Crippen molar-refractivity contribution in [3.05, 3.63) is 0 Å². The minimum absolute atomic E-state index is 0.0460. The smallest absolute Gasteiger partial charge is 0.327 e. The first-order valence-electron chi connectivity index (χ1n) is 6.54. The van der Waals surface area contributed by atoms with E-state index in [0.717, 1.165) is 0 Å². The van der Waals surface area contributed by atoms with Crippen molar-refractivity contribution in [2.75, 3.05) is 12.3 Å². The second-order valence-corrected chi connectivity index (χ2v) is 7.38. The van der Waals surface area contributed by atoms with Crippen LogP contribution < -0.4 is 5.32 Å². The van der Waals surface area contributed by atoms with E-state index in [-0.39, 0.29) is 29.3 Å². The summed E-state index contributed by atoms with van der Waals surface area (Å²) in [6, 6.07) is -0.702. The van der Waals surface area contributed by atoms with Gasteiger partial charge in [0.05, 0.1) is 11.9 Å². The Hall–Kier alpha value is -0.750. The van der Waals surface area contributed by atoms with Crippen LogP contribution in [-0.2, 0) is 9.59 Å². The van der Waals surface area contributed by atoms with E-state index in [0.29, 0.717) is 5.75 Å². The average Bonchev–Trinajstić information content (AvgIpc) is 2.69. The molecule has 2 unspecified atom stereocenters. The molecular formula is C13H24N2O3S. The summed E-state index contributed by atoms with van der Waals surface area (Å²) >= 11 is 1.55. The Balaban J connectivity index is 2.78. The maximum absolute atomic E-state index is 12.3. The first-order chi connectivity index (χ1) is 8.63. The van der Waals surface area contributed by atoms with Gasteiger partial charge in [-0.25, -0.2) is 4.79 Å². The SMILES string of the molecule is CC(C)C1SCC(C(=O)O)N1C(=O)CNC(C)(C)C. The number of aliphatic carboxylic acids is 1. The van der Waals surface area contributed by atoms with Crippen LogP contribution in [0, 0.1) is 5.92 Å². The fourth-order valence-electron chi connectivity index (χ4n) is 1.98. The quantitative estimate of drug-likeness (QED) is 0.818. The van der Waals surface area contributed by atoms with Gasteiger partial charge in [0, 0.05) is 11.3 Å². The maximum Gasteiger partial charge on any atom is 0.327 e. The second kappa shape index (κ2) is 6.13. The summed E-state index contributed by atoms with van der Waals surface area (Å²) in [6.45, 7) is 10.1. The van der Waals surface area contributed by atoms with E-state index < -0.39 is 12.0 Å². The molecule has 0 radical (unpaired) electrons. The molecule has 1 aliphatic rings. The molecule has 0 aliphatic carbocycles. The number of thioether (sulfide) groups is 1. The zero-order chi connectivity index (χ0) is 14.8. The van der Waals surface area contributed by atoms with Crippen molar-refractivity contribution in [2.45, 2.75) is 51.6 Å². The molecule has 19 heavy (non-hydrogen) atoms. The summed E-state index contributed by atoms with van der Waals surface area (Å²) in [6.07, 6.45) is 0. The molecule has 0 spiro atoms. The molecule has 1 rings (SSSR count). The van der Waals surface area contributed by atoms with E-state index in [4.69, 9.17) is 0 Å². The van der Waals surface area contributed by atoms with E-state index >= 15 is 0 Å². The Labute approximate surface area is 119 Å². The van der Waals surface area contributed by atoms with Gasteiger partial charge in [-0.2, -0.15) is 0 Å². The Bertz CT molecular complexity index is 352. The van der Waals surface area contributed by atoms with Crippen molar-refractivity contribution >= 4 is 23.6 Å². The highest BCUT2D eigenvalue weighted by atomic mass is 32.2. The van der Waals surface area contributed by atoms with Crippen LogP contribution in [0.4, 0.5) is 0 Å². The van der Waals surface area contributed by atoms with Gasteiger partial charge in [0.1, 0.15) is 6.04 Å². The molecule has 1 aliphatic heterocycles. The molecule has 110 valence electrons. The minimum Gasteiger partial charge on any atom is -0.480 e. The third-order valence-corrected chi connectivity index (χ3v) is 4.57. The fourth-order valence-corrected chi connectivity index (χ4v) is 3.47. The summed E-state index contributed by atoms with van der Waals surface area (Å²) in [5, 5.41) is 12.3. The number of hydrogen-bond acceptors (Lipinski definition) is 4. The fraction of sp³-hybridized carbons (Fsp3) is 0.846. The first-order valence-corrected chi connectivity index (χ1v) is 7.59. The summed E-state index contributed by atoms with van der Waals surface area (Å²) in [7, 11) is 0. The van der Waals surface area contributed by atoms with E-state index in [1.165, 1.54) is 4.90 Å². The van der Waals surface area contributed by atoms with Crippen molar-refractivity contribution in [1.82, 2.24) is 10.2 Å². The Morgan fingerprint density at radius 3 is 2.42 bits per heavy atom. The average molecular weight is 288 g/mol. The molecule has 6 heteroatoms.